The summed E-state index contributed by atoms with van der Waals surface area (Å²) >= 11 is 0. The van der Waals surface area contributed by atoms with Gasteiger partial charge in [-0.2, -0.15) is 0 Å². The first-order chi connectivity index (χ1) is 10.3. The zero-order valence-corrected chi connectivity index (χ0v) is 12.2. The van der Waals surface area contributed by atoms with Crippen LogP contribution in [-0.2, 0) is 9.53 Å². The van der Waals surface area contributed by atoms with Gasteiger partial charge in [0.25, 0.3) is 0 Å². The lowest BCUT2D eigenvalue weighted by Crippen LogP contribution is -2.25. The van der Waals surface area contributed by atoms with E-state index in [1.807, 2.05) is 37.3 Å². The minimum absolute atomic E-state index is 0.0450. The highest BCUT2D eigenvalue weighted by molar-refractivity contribution is 5.69. The fourth-order valence-corrected chi connectivity index (χ4v) is 2.18. The number of carbonyl (C=O) groups excluding carboxylic acids is 1. The van der Waals surface area contributed by atoms with Crippen molar-refractivity contribution in [3.05, 3.63) is 66.0 Å². The summed E-state index contributed by atoms with van der Waals surface area (Å²) in [6.45, 7) is 2.81. The Hall–Kier alpha value is -2.20. The summed E-state index contributed by atoms with van der Waals surface area (Å²) in [5.41, 5.74) is 2.28. The molecule has 1 aromatic heterocycles. The fraction of sp³-hybridized carbons (Fsp3) is 0.294. The summed E-state index contributed by atoms with van der Waals surface area (Å²) < 4.78 is 4.95. The Morgan fingerprint density at radius 2 is 1.81 bits per heavy atom. The first-order valence-electron chi connectivity index (χ1n) is 7.15. The number of nitrogens with zero attached hydrogens (tertiary/aromatic N) is 1. The summed E-state index contributed by atoms with van der Waals surface area (Å²) in [4.78, 5) is 15.5. The Bertz CT molecular complexity index is 504. The number of benzene rings is 1. The molecule has 1 heterocycles. The van der Waals surface area contributed by atoms with Gasteiger partial charge >= 0.3 is 5.97 Å². The van der Waals surface area contributed by atoms with Crippen molar-refractivity contribution < 1.29 is 9.53 Å². The van der Waals surface area contributed by atoms with E-state index in [2.05, 4.69) is 22.4 Å². The van der Waals surface area contributed by atoms with E-state index in [0.717, 1.165) is 11.1 Å². The van der Waals surface area contributed by atoms with Crippen molar-refractivity contribution in [1.82, 2.24) is 10.3 Å². The van der Waals surface area contributed by atoms with Crippen LogP contribution in [0.5, 0.6) is 0 Å². The van der Waals surface area contributed by atoms with Gasteiger partial charge in [0, 0.05) is 18.9 Å². The maximum Gasteiger partial charge on any atom is 0.307 e. The number of hydrogen-bond acceptors (Lipinski definition) is 4. The minimum atomic E-state index is -0.174. The van der Waals surface area contributed by atoms with Crippen LogP contribution in [0.4, 0.5) is 0 Å². The van der Waals surface area contributed by atoms with Crippen molar-refractivity contribution in [3.63, 3.8) is 0 Å². The van der Waals surface area contributed by atoms with E-state index < -0.39 is 0 Å². The van der Waals surface area contributed by atoms with E-state index in [9.17, 15) is 4.79 Å². The lowest BCUT2D eigenvalue weighted by Gasteiger charge is -2.19. The molecule has 4 nitrogen and oxygen atoms in total. The number of ether oxygens (including phenoxy) is 1. The first kappa shape index (κ1) is 15.2. The van der Waals surface area contributed by atoms with E-state index in [1.165, 1.54) is 0 Å². The highest BCUT2D eigenvalue weighted by atomic mass is 16.5. The zero-order chi connectivity index (χ0) is 14.9. The molecular weight excluding hydrogens is 264 g/mol. The van der Waals surface area contributed by atoms with Crippen LogP contribution in [0, 0.1) is 0 Å². The number of carbonyl (C=O) groups is 1. The van der Waals surface area contributed by atoms with E-state index in [-0.39, 0.29) is 12.0 Å². The Morgan fingerprint density at radius 3 is 2.48 bits per heavy atom. The van der Waals surface area contributed by atoms with Gasteiger partial charge in [0.1, 0.15) is 0 Å². The number of esters is 1. The lowest BCUT2D eigenvalue weighted by atomic mass is 9.99. The number of hydrogen-bond donors (Lipinski definition) is 1. The van der Waals surface area contributed by atoms with Crippen LogP contribution < -0.4 is 5.32 Å². The van der Waals surface area contributed by atoms with Crippen molar-refractivity contribution in [2.75, 3.05) is 13.2 Å². The second kappa shape index (κ2) is 8.17. The molecule has 4 heteroatoms. The van der Waals surface area contributed by atoms with E-state index in [4.69, 9.17) is 4.74 Å². The molecule has 0 aliphatic rings. The number of pyridine rings is 1. The van der Waals surface area contributed by atoms with Crippen molar-refractivity contribution in [1.29, 1.82) is 0 Å². The molecular formula is C17H20N2O2. The SMILES string of the molecule is CCOC(=O)CCNC(c1ccccc1)c1ccncc1. The summed E-state index contributed by atoms with van der Waals surface area (Å²) in [5, 5.41) is 3.41. The predicted molar refractivity (Wildman–Crippen MR) is 81.8 cm³/mol. The summed E-state index contributed by atoms with van der Waals surface area (Å²) in [5.74, 6) is -0.174. The Kier molecular flexibility index (Phi) is 5.91. The molecule has 0 saturated heterocycles. The summed E-state index contributed by atoms with van der Waals surface area (Å²) in [6.07, 6.45) is 3.92. The minimum Gasteiger partial charge on any atom is -0.466 e. The van der Waals surface area contributed by atoms with Crippen LogP contribution in [0.3, 0.4) is 0 Å². The van der Waals surface area contributed by atoms with Gasteiger partial charge in [0.15, 0.2) is 0 Å². The molecule has 0 saturated carbocycles. The van der Waals surface area contributed by atoms with Gasteiger partial charge < -0.3 is 10.1 Å². The molecule has 1 aromatic carbocycles. The molecule has 2 rings (SSSR count). The molecule has 0 aliphatic carbocycles. The van der Waals surface area contributed by atoms with Crippen LogP contribution in [0.1, 0.15) is 30.5 Å². The molecule has 1 N–H and O–H groups in total. The van der Waals surface area contributed by atoms with Gasteiger partial charge in [-0.1, -0.05) is 30.3 Å². The quantitative estimate of drug-likeness (QED) is 0.794. The Balaban J connectivity index is 2.05. The smallest absolute Gasteiger partial charge is 0.307 e. The van der Waals surface area contributed by atoms with Gasteiger partial charge in [-0.25, -0.2) is 0 Å². The summed E-state index contributed by atoms with van der Waals surface area (Å²) in [7, 11) is 0. The first-order valence-corrected chi connectivity index (χ1v) is 7.15. The third kappa shape index (κ3) is 4.68. The van der Waals surface area contributed by atoms with Crippen LogP contribution in [0.15, 0.2) is 54.9 Å². The largest absolute Gasteiger partial charge is 0.466 e. The van der Waals surface area contributed by atoms with E-state index >= 15 is 0 Å². The molecule has 21 heavy (non-hydrogen) atoms. The third-order valence-corrected chi connectivity index (χ3v) is 3.16. The van der Waals surface area contributed by atoms with E-state index in [1.54, 1.807) is 12.4 Å². The molecule has 0 radical (unpaired) electrons. The topological polar surface area (TPSA) is 51.2 Å². The van der Waals surface area contributed by atoms with Gasteiger partial charge in [0.05, 0.1) is 19.1 Å². The summed E-state index contributed by atoms with van der Waals surface area (Å²) in [6, 6.07) is 14.2. The molecule has 110 valence electrons. The fourth-order valence-electron chi connectivity index (χ4n) is 2.18. The maximum absolute atomic E-state index is 11.4. The van der Waals surface area contributed by atoms with Crippen LogP contribution >= 0.6 is 0 Å². The highest BCUT2D eigenvalue weighted by Crippen LogP contribution is 2.21. The van der Waals surface area contributed by atoms with Crippen LogP contribution in [0.2, 0.25) is 0 Å². The monoisotopic (exact) mass is 284 g/mol. The normalized spacial score (nSPS) is 11.9. The molecule has 0 aliphatic heterocycles. The predicted octanol–water partition coefficient (Wildman–Crippen LogP) is 2.71. The van der Waals surface area contributed by atoms with Crippen molar-refractivity contribution in [3.8, 4) is 0 Å². The lowest BCUT2D eigenvalue weighted by molar-refractivity contribution is -0.142. The zero-order valence-electron chi connectivity index (χ0n) is 12.2. The Labute approximate surface area is 125 Å². The van der Waals surface area contributed by atoms with Gasteiger partial charge in [-0.05, 0) is 30.2 Å². The number of aromatic nitrogens is 1. The van der Waals surface area contributed by atoms with Gasteiger partial charge in [0.2, 0.25) is 0 Å². The van der Waals surface area contributed by atoms with E-state index in [0.29, 0.717) is 19.6 Å². The average Bonchev–Trinajstić information content (AvgIpc) is 2.53. The van der Waals surface area contributed by atoms with Crippen molar-refractivity contribution >= 4 is 5.97 Å². The number of nitrogens with one attached hydrogen (secondary N) is 1. The second-order valence-electron chi connectivity index (χ2n) is 4.63. The van der Waals surface area contributed by atoms with Crippen LogP contribution in [-0.4, -0.2) is 24.1 Å². The molecule has 0 amide bonds. The molecule has 1 atom stereocenters. The molecule has 0 spiro atoms. The van der Waals surface area contributed by atoms with Crippen LogP contribution in [0.25, 0.3) is 0 Å². The highest BCUT2D eigenvalue weighted by Gasteiger charge is 2.13. The molecule has 2 aromatic rings. The van der Waals surface area contributed by atoms with Crippen molar-refractivity contribution in [2.45, 2.75) is 19.4 Å². The maximum atomic E-state index is 11.4. The molecule has 0 bridgehead atoms. The average molecular weight is 284 g/mol. The third-order valence-electron chi connectivity index (χ3n) is 3.16. The van der Waals surface area contributed by atoms with Gasteiger partial charge in [-0.15, -0.1) is 0 Å². The molecule has 1 unspecified atom stereocenters. The number of rotatable bonds is 7. The Morgan fingerprint density at radius 1 is 1.14 bits per heavy atom. The second-order valence-corrected chi connectivity index (χ2v) is 4.63. The standard InChI is InChI=1S/C17H20N2O2/c1-2-21-16(20)10-13-19-17(14-6-4-3-5-7-14)15-8-11-18-12-9-15/h3-9,11-12,17,19H,2,10,13H2,1H3. The van der Waals surface area contributed by atoms with Gasteiger partial charge in [-0.3, -0.25) is 9.78 Å². The molecule has 0 fully saturated rings. The van der Waals surface area contributed by atoms with Crippen molar-refractivity contribution in [2.24, 2.45) is 0 Å².